The van der Waals surface area contributed by atoms with Gasteiger partial charge in [0.2, 0.25) is 5.16 Å². The third-order valence-electron chi connectivity index (χ3n) is 3.68. The molecule has 9 heteroatoms. The van der Waals surface area contributed by atoms with E-state index in [2.05, 4.69) is 25.5 Å². The van der Waals surface area contributed by atoms with Crippen LogP contribution in [0.1, 0.15) is 23.8 Å². The minimum atomic E-state index is -0.150. The lowest BCUT2D eigenvalue weighted by molar-refractivity contribution is 0.462. The first-order valence-corrected chi connectivity index (χ1v) is 8.53. The highest BCUT2D eigenvalue weighted by molar-refractivity contribution is 7.99. The quantitative estimate of drug-likeness (QED) is 0.549. The summed E-state index contributed by atoms with van der Waals surface area (Å²) in [5.41, 5.74) is 0.520. The van der Waals surface area contributed by atoms with E-state index in [0.29, 0.717) is 28.4 Å². The van der Waals surface area contributed by atoms with Crippen molar-refractivity contribution in [3.05, 3.63) is 64.6 Å². The summed E-state index contributed by atoms with van der Waals surface area (Å²) in [5.74, 6) is 1.35. The van der Waals surface area contributed by atoms with Crippen molar-refractivity contribution in [3.8, 4) is 0 Å². The van der Waals surface area contributed by atoms with Crippen LogP contribution >= 0.6 is 11.8 Å². The standard InChI is InChI=1S/C16H14N6O2S/c1-10(14-17-13-7-3-2-6-12(13)15(23)18-14)25-16-19-20-21-22(16)9-11-5-4-8-24-11/h2-8,10H,9H2,1H3,(H,17,18,23)/t10-/m0/s1. The largest absolute Gasteiger partial charge is 0.467 e. The van der Waals surface area contributed by atoms with Gasteiger partial charge in [-0.3, -0.25) is 4.79 Å². The van der Waals surface area contributed by atoms with Crippen LogP contribution in [-0.2, 0) is 6.54 Å². The maximum absolute atomic E-state index is 12.2. The fourth-order valence-electron chi connectivity index (χ4n) is 2.44. The highest BCUT2D eigenvalue weighted by Gasteiger charge is 2.17. The van der Waals surface area contributed by atoms with E-state index in [9.17, 15) is 4.79 Å². The highest BCUT2D eigenvalue weighted by Crippen LogP contribution is 2.31. The van der Waals surface area contributed by atoms with E-state index in [0.717, 1.165) is 5.76 Å². The second-order valence-electron chi connectivity index (χ2n) is 5.43. The Bertz CT molecular complexity index is 1060. The Hall–Kier alpha value is -2.94. The van der Waals surface area contributed by atoms with Gasteiger partial charge < -0.3 is 9.40 Å². The predicted octanol–water partition coefficient (Wildman–Crippen LogP) is 2.40. The molecule has 0 aliphatic carbocycles. The number of fused-ring (bicyclic) bond motifs is 1. The van der Waals surface area contributed by atoms with E-state index < -0.39 is 0 Å². The average Bonchev–Trinajstić information content (AvgIpc) is 3.28. The summed E-state index contributed by atoms with van der Waals surface area (Å²) in [6.07, 6.45) is 1.61. The molecule has 0 radical (unpaired) electrons. The summed E-state index contributed by atoms with van der Waals surface area (Å²) in [5, 5.41) is 12.8. The van der Waals surface area contributed by atoms with Crippen LogP contribution in [0.4, 0.5) is 0 Å². The number of nitrogens with zero attached hydrogens (tertiary/aromatic N) is 5. The first-order chi connectivity index (χ1) is 12.2. The lowest BCUT2D eigenvalue weighted by Gasteiger charge is -2.10. The molecule has 0 bridgehead atoms. The summed E-state index contributed by atoms with van der Waals surface area (Å²) in [6.45, 7) is 2.39. The number of benzene rings is 1. The number of thioether (sulfide) groups is 1. The van der Waals surface area contributed by atoms with E-state index in [4.69, 9.17) is 4.42 Å². The Morgan fingerprint density at radius 3 is 3.00 bits per heavy atom. The van der Waals surface area contributed by atoms with Crippen molar-refractivity contribution in [1.29, 1.82) is 0 Å². The zero-order valence-electron chi connectivity index (χ0n) is 13.3. The van der Waals surface area contributed by atoms with Crippen LogP contribution in [0.25, 0.3) is 10.9 Å². The number of hydrogen-bond donors (Lipinski definition) is 1. The van der Waals surface area contributed by atoms with E-state index >= 15 is 0 Å². The van der Waals surface area contributed by atoms with E-state index in [-0.39, 0.29) is 10.8 Å². The molecule has 0 saturated carbocycles. The first kappa shape index (κ1) is 15.6. The van der Waals surface area contributed by atoms with Crippen molar-refractivity contribution in [2.75, 3.05) is 0 Å². The Morgan fingerprint density at radius 1 is 1.28 bits per heavy atom. The van der Waals surface area contributed by atoms with Gasteiger partial charge in [0.1, 0.15) is 18.1 Å². The third-order valence-corrected chi connectivity index (χ3v) is 4.76. The van der Waals surface area contributed by atoms with Crippen molar-refractivity contribution in [3.63, 3.8) is 0 Å². The van der Waals surface area contributed by atoms with Gasteiger partial charge in [-0.1, -0.05) is 23.9 Å². The first-order valence-electron chi connectivity index (χ1n) is 7.65. The minimum Gasteiger partial charge on any atom is -0.467 e. The van der Waals surface area contributed by atoms with Gasteiger partial charge in [0.25, 0.3) is 5.56 Å². The fourth-order valence-corrected chi connectivity index (χ4v) is 3.29. The molecule has 4 aromatic rings. The Balaban J connectivity index is 1.60. The van der Waals surface area contributed by atoms with Gasteiger partial charge in [-0.25, -0.2) is 9.67 Å². The molecule has 3 aromatic heterocycles. The lowest BCUT2D eigenvalue weighted by Crippen LogP contribution is -2.13. The lowest BCUT2D eigenvalue weighted by atomic mass is 10.2. The summed E-state index contributed by atoms with van der Waals surface area (Å²) >= 11 is 1.42. The van der Waals surface area contributed by atoms with Gasteiger partial charge in [-0.15, -0.1) is 5.10 Å². The van der Waals surface area contributed by atoms with Gasteiger partial charge in [0.15, 0.2) is 0 Å². The zero-order valence-corrected chi connectivity index (χ0v) is 14.1. The summed E-state index contributed by atoms with van der Waals surface area (Å²) < 4.78 is 6.98. The average molecular weight is 354 g/mol. The highest BCUT2D eigenvalue weighted by atomic mass is 32.2. The Labute approximate surface area is 146 Å². The molecule has 1 N–H and O–H groups in total. The van der Waals surface area contributed by atoms with Crippen LogP contribution in [0.15, 0.2) is 57.0 Å². The van der Waals surface area contributed by atoms with E-state index in [1.807, 2.05) is 37.3 Å². The number of aromatic amines is 1. The number of rotatable bonds is 5. The molecular formula is C16H14N6O2S. The fraction of sp³-hybridized carbons (Fsp3) is 0.188. The molecule has 0 saturated heterocycles. The predicted molar refractivity (Wildman–Crippen MR) is 92.3 cm³/mol. The van der Waals surface area contributed by atoms with Crippen molar-refractivity contribution in [2.45, 2.75) is 23.9 Å². The summed E-state index contributed by atoms with van der Waals surface area (Å²) in [6, 6.07) is 10.9. The Morgan fingerprint density at radius 2 is 2.16 bits per heavy atom. The van der Waals surface area contributed by atoms with Gasteiger partial charge in [0, 0.05) is 0 Å². The third kappa shape index (κ3) is 3.18. The Kier molecular flexibility index (Phi) is 4.06. The topological polar surface area (TPSA) is 102 Å². The van der Waals surface area contributed by atoms with Gasteiger partial charge in [-0.05, 0) is 41.6 Å². The molecule has 0 amide bonds. The molecule has 8 nitrogen and oxygen atoms in total. The van der Waals surface area contributed by atoms with Crippen molar-refractivity contribution in [2.24, 2.45) is 0 Å². The van der Waals surface area contributed by atoms with Crippen LogP contribution < -0.4 is 5.56 Å². The molecular weight excluding hydrogens is 340 g/mol. The molecule has 3 heterocycles. The second-order valence-corrected chi connectivity index (χ2v) is 6.73. The van der Waals surface area contributed by atoms with E-state index in [1.54, 1.807) is 17.0 Å². The van der Waals surface area contributed by atoms with Crippen molar-refractivity contribution >= 4 is 22.7 Å². The van der Waals surface area contributed by atoms with Gasteiger partial charge in [-0.2, -0.15) is 0 Å². The van der Waals surface area contributed by atoms with Crippen LogP contribution in [0.5, 0.6) is 0 Å². The number of aromatic nitrogens is 6. The SMILES string of the molecule is C[C@H](Sc1nnnn1Cc1ccco1)c1nc2ccccc2c(=O)[nH]1. The van der Waals surface area contributed by atoms with Crippen LogP contribution in [0.3, 0.4) is 0 Å². The second kappa shape index (κ2) is 6.52. The smallest absolute Gasteiger partial charge is 0.258 e. The maximum atomic E-state index is 12.2. The van der Waals surface area contributed by atoms with Crippen LogP contribution in [0, 0.1) is 0 Å². The zero-order chi connectivity index (χ0) is 17.2. The minimum absolute atomic E-state index is 0.126. The van der Waals surface area contributed by atoms with Crippen molar-refractivity contribution < 1.29 is 4.42 Å². The van der Waals surface area contributed by atoms with Crippen LogP contribution in [-0.4, -0.2) is 30.2 Å². The number of H-pyrrole nitrogens is 1. The number of hydrogen-bond acceptors (Lipinski definition) is 7. The molecule has 0 aliphatic heterocycles. The monoisotopic (exact) mass is 354 g/mol. The molecule has 25 heavy (non-hydrogen) atoms. The number of tetrazole rings is 1. The molecule has 0 spiro atoms. The summed E-state index contributed by atoms with van der Waals surface area (Å²) in [4.78, 5) is 19.6. The maximum Gasteiger partial charge on any atom is 0.258 e. The molecule has 1 atom stereocenters. The van der Waals surface area contributed by atoms with Crippen LogP contribution in [0.2, 0.25) is 0 Å². The van der Waals surface area contributed by atoms with Gasteiger partial charge >= 0.3 is 0 Å². The molecule has 0 unspecified atom stereocenters. The molecule has 4 rings (SSSR count). The number of nitrogens with one attached hydrogen (secondary N) is 1. The van der Waals surface area contributed by atoms with Crippen molar-refractivity contribution in [1.82, 2.24) is 30.2 Å². The van der Waals surface area contributed by atoms with Gasteiger partial charge in [0.05, 0.1) is 22.4 Å². The summed E-state index contributed by atoms with van der Waals surface area (Å²) in [7, 11) is 0. The molecule has 0 aliphatic rings. The molecule has 126 valence electrons. The molecule has 1 aromatic carbocycles. The number of furan rings is 1. The number of para-hydroxylation sites is 1. The molecule has 0 fully saturated rings. The normalized spacial score (nSPS) is 12.5. The van der Waals surface area contributed by atoms with E-state index in [1.165, 1.54) is 11.8 Å².